The summed E-state index contributed by atoms with van der Waals surface area (Å²) in [5.74, 6) is 0. The number of anilines is 3. The quantitative estimate of drug-likeness (QED) is 0.129. The topological polar surface area (TPSA) is 21.7 Å². The van der Waals surface area contributed by atoms with Crippen LogP contribution in [0, 0.1) is 0 Å². The molecule has 6 heteroatoms. The first-order chi connectivity index (χ1) is 27.2. The first-order valence-corrected chi connectivity index (χ1v) is 20.9. The van der Waals surface area contributed by atoms with Gasteiger partial charge in [-0.05, 0) is 98.0 Å². The van der Waals surface area contributed by atoms with E-state index in [1.165, 1.54) is 78.7 Å². The standard InChI is InChI=1S/C50H38BNO2S2/c1-49(2)50(3,4)54-51(53-49)33-25-26-44-42(28-33)46-39(22-14-24-45(46)55-44)41-30-35(29-40-38-21-12-13-23-43(38)56-48(40)41)52(34-17-6-5-7-18-34)47-36-19-10-8-15-31(36)27-32-16-9-11-20-37(32)47/h5-30H,1-4H3. The number of benzene rings is 8. The van der Waals surface area contributed by atoms with Gasteiger partial charge in [0.25, 0.3) is 0 Å². The largest absolute Gasteiger partial charge is 0.494 e. The van der Waals surface area contributed by atoms with Crippen LogP contribution < -0.4 is 10.4 Å². The smallest absolute Gasteiger partial charge is 0.399 e. The van der Waals surface area contributed by atoms with E-state index < -0.39 is 18.3 Å². The molecule has 3 heterocycles. The molecule has 0 amide bonds. The monoisotopic (exact) mass is 759 g/mol. The first kappa shape index (κ1) is 33.8. The molecule has 1 aliphatic rings. The van der Waals surface area contributed by atoms with Gasteiger partial charge in [0, 0.05) is 68.1 Å². The molecule has 0 atom stereocenters. The molecule has 270 valence electrons. The summed E-state index contributed by atoms with van der Waals surface area (Å²) in [7, 11) is -0.431. The average molecular weight is 760 g/mol. The highest BCUT2D eigenvalue weighted by atomic mass is 32.1. The molecule has 0 N–H and O–H groups in total. The van der Waals surface area contributed by atoms with Crippen LogP contribution in [-0.2, 0) is 9.31 Å². The van der Waals surface area contributed by atoms with Gasteiger partial charge in [-0.15, -0.1) is 22.7 Å². The van der Waals surface area contributed by atoms with Gasteiger partial charge in [0.1, 0.15) is 0 Å². The van der Waals surface area contributed by atoms with Crippen molar-refractivity contribution in [2.45, 2.75) is 38.9 Å². The van der Waals surface area contributed by atoms with Gasteiger partial charge in [-0.25, -0.2) is 0 Å². The van der Waals surface area contributed by atoms with E-state index in [-0.39, 0.29) is 0 Å². The van der Waals surface area contributed by atoms with Crippen LogP contribution in [-0.4, -0.2) is 18.3 Å². The third-order valence-corrected chi connectivity index (χ3v) is 14.4. The molecule has 3 nitrogen and oxygen atoms in total. The zero-order valence-electron chi connectivity index (χ0n) is 31.7. The Bertz CT molecular complexity index is 3110. The summed E-state index contributed by atoms with van der Waals surface area (Å²) in [4.78, 5) is 2.49. The highest BCUT2D eigenvalue weighted by molar-refractivity contribution is 7.27. The third-order valence-electron chi connectivity index (χ3n) is 12.0. The molecule has 1 saturated heterocycles. The lowest BCUT2D eigenvalue weighted by Crippen LogP contribution is -2.41. The number of rotatable bonds is 5. The molecule has 0 unspecified atom stereocenters. The molecule has 0 radical (unpaired) electrons. The molecule has 11 rings (SSSR count). The molecule has 10 aromatic rings. The van der Waals surface area contributed by atoms with E-state index in [9.17, 15) is 0 Å². The van der Waals surface area contributed by atoms with Crippen LogP contribution in [0.3, 0.4) is 0 Å². The summed E-state index contributed by atoms with van der Waals surface area (Å²) < 4.78 is 18.2. The Labute approximate surface area is 334 Å². The molecule has 0 aliphatic carbocycles. The number of hydrogen-bond donors (Lipinski definition) is 0. The lowest BCUT2D eigenvalue weighted by molar-refractivity contribution is 0.00578. The van der Waals surface area contributed by atoms with Crippen LogP contribution in [0.4, 0.5) is 17.1 Å². The van der Waals surface area contributed by atoms with E-state index in [0.29, 0.717) is 0 Å². The molecule has 0 bridgehead atoms. The zero-order valence-corrected chi connectivity index (χ0v) is 33.3. The van der Waals surface area contributed by atoms with Gasteiger partial charge in [-0.2, -0.15) is 0 Å². The van der Waals surface area contributed by atoms with Crippen molar-refractivity contribution in [2.24, 2.45) is 0 Å². The Morgan fingerprint density at radius 2 is 1.09 bits per heavy atom. The Balaban J connectivity index is 1.22. The fourth-order valence-corrected chi connectivity index (χ4v) is 10.9. The Hall–Kier alpha value is -5.50. The van der Waals surface area contributed by atoms with Crippen molar-refractivity contribution >= 4 is 114 Å². The highest BCUT2D eigenvalue weighted by Crippen LogP contribution is 2.50. The van der Waals surface area contributed by atoms with Gasteiger partial charge in [-0.3, -0.25) is 0 Å². The first-order valence-electron chi connectivity index (χ1n) is 19.3. The van der Waals surface area contributed by atoms with E-state index in [2.05, 4.69) is 190 Å². The molecule has 0 spiro atoms. The predicted octanol–water partition coefficient (Wildman–Crippen LogP) is 14.2. The Kier molecular flexibility index (Phi) is 7.55. The second-order valence-corrected chi connectivity index (χ2v) is 18.1. The fraction of sp³-hybridized carbons (Fsp3) is 0.120. The van der Waals surface area contributed by atoms with Gasteiger partial charge in [-0.1, -0.05) is 109 Å². The zero-order chi connectivity index (χ0) is 37.8. The van der Waals surface area contributed by atoms with E-state index in [4.69, 9.17) is 9.31 Å². The summed E-state index contributed by atoms with van der Waals surface area (Å²) >= 11 is 3.73. The van der Waals surface area contributed by atoms with E-state index in [0.717, 1.165) is 16.8 Å². The molecule has 1 fully saturated rings. The summed E-state index contributed by atoms with van der Waals surface area (Å²) in [5.41, 5.74) is 6.10. The van der Waals surface area contributed by atoms with Crippen molar-refractivity contribution in [3.63, 3.8) is 0 Å². The maximum atomic E-state index is 6.56. The van der Waals surface area contributed by atoms with Crippen LogP contribution in [0.2, 0.25) is 0 Å². The second-order valence-electron chi connectivity index (χ2n) is 15.9. The predicted molar refractivity (Wildman–Crippen MR) is 243 cm³/mol. The van der Waals surface area contributed by atoms with Crippen molar-refractivity contribution in [1.82, 2.24) is 0 Å². The minimum absolute atomic E-state index is 0.415. The molecule has 56 heavy (non-hydrogen) atoms. The third kappa shape index (κ3) is 5.17. The summed E-state index contributed by atoms with van der Waals surface area (Å²) in [6.07, 6.45) is 0. The normalized spacial score (nSPS) is 15.2. The second kappa shape index (κ2) is 12.5. The lowest BCUT2D eigenvalue weighted by Gasteiger charge is -2.32. The number of thiophene rings is 2. The van der Waals surface area contributed by atoms with Crippen LogP contribution in [0.5, 0.6) is 0 Å². The highest BCUT2D eigenvalue weighted by Gasteiger charge is 2.51. The SMILES string of the molecule is CC1(C)OB(c2ccc3sc4cccc(-c5cc(N(c6ccccc6)c6c7ccccc7cc7ccccc67)cc6c5sc5ccccc56)c4c3c2)OC1(C)C. The van der Waals surface area contributed by atoms with Crippen molar-refractivity contribution in [3.8, 4) is 11.1 Å². The van der Waals surface area contributed by atoms with Gasteiger partial charge in [0.15, 0.2) is 0 Å². The Morgan fingerprint density at radius 3 is 1.82 bits per heavy atom. The number of para-hydroxylation sites is 1. The molecule has 8 aromatic carbocycles. The molecular formula is C50H38BNO2S2. The number of nitrogens with zero attached hydrogens (tertiary/aromatic N) is 1. The summed E-state index contributed by atoms with van der Waals surface area (Å²) in [6.45, 7) is 8.47. The molecule has 0 saturated carbocycles. The van der Waals surface area contributed by atoms with E-state index in [1.54, 1.807) is 0 Å². The van der Waals surface area contributed by atoms with Crippen LogP contribution in [0.15, 0.2) is 158 Å². The van der Waals surface area contributed by atoms with Gasteiger partial charge < -0.3 is 14.2 Å². The lowest BCUT2D eigenvalue weighted by atomic mass is 9.78. The van der Waals surface area contributed by atoms with Crippen LogP contribution >= 0.6 is 22.7 Å². The van der Waals surface area contributed by atoms with E-state index >= 15 is 0 Å². The van der Waals surface area contributed by atoms with Gasteiger partial charge in [0.05, 0.1) is 16.9 Å². The van der Waals surface area contributed by atoms with Crippen molar-refractivity contribution in [1.29, 1.82) is 0 Å². The minimum Gasteiger partial charge on any atom is -0.399 e. The van der Waals surface area contributed by atoms with Crippen molar-refractivity contribution < 1.29 is 9.31 Å². The minimum atomic E-state index is -0.431. The maximum Gasteiger partial charge on any atom is 0.494 e. The fourth-order valence-electron chi connectivity index (χ4n) is 8.55. The Morgan fingerprint density at radius 1 is 0.464 bits per heavy atom. The molecular weight excluding hydrogens is 722 g/mol. The van der Waals surface area contributed by atoms with Gasteiger partial charge in [0.2, 0.25) is 0 Å². The number of hydrogen-bond acceptors (Lipinski definition) is 5. The summed E-state index contributed by atoms with van der Waals surface area (Å²) in [6, 6.07) is 58.0. The molecule has 1 aliphatic heterocycles. The average Bonchev–Trinajstić information content (AvgIpc) is 3.85. The van der Waals surface area contributed by atoms with E-state index in [1.807, 2.05) is 22.7 Å². The number of fused-ring (bicyclic) bond motifs is 8. The van der Waals surface area contributed by atoms with Crippen molar-refractivity contribution in [3.05, 3.63) is 158 Å². The summed E-state index contributed by atoms with van der Waals surface area (Å²) in [5, 5.41) is 9.90. The maximum absolute atomic E-state index is 6.56. The van der Waals surface area contributed by atoms with Gasteiger partial charge >= 0.3 is 7.12 Å². The van der Waals surface area contributed by atoms with Crippen LogP contribution in [0.25, 0.3) is 73.0 Å². The van der Waals surface area contributed by atoms with Crippen molar-refractivity contribution in [2.75, 3.05) is 4.90 Å². The van der Waals surface area contributed by atoms with Crippen LogP contribution in [0.1, 0.15) is 27.7 Å². The molecule has 2 aromatic heterocycles.